The Labute approximate surface area is 124 Å². The van der Waals surface area contributed by atoms with Crippen molar-refractivity contribution in [3.05, 3.63) is 33.9 Å². The largest absolute Gasteiger partial charge is 0.388 e. The van der Waals surface area contributed by atoms with Crippen LogP contribution in [0.2, 0.25) is 0 Å². The van der Waals surface area contributed by atoms with Gasteiger partial charge in [-0.2, -0.15) is 0 Å². The lowest BCUT2D eigenvalue weighted by atomic mass is 10.1. The summed E-state index contributed by atoms with van der Waals surface area (Å²) in [6.45, 7) is 5.25. The number of anilines is 1. The van der Waals surface area contributed by atoms with E-state index in [4.69, 9.17) is 0 Å². The molecule has 0 radical (unpaired) electrons. The van der Waals surface area contributed by atoms with E-state index in [9.17, 15) is 10.1 Å². The molecule has 2 heterocycles. The monoisotopic (exact) mass is 290 g/mol. The summed E-state index contributed by atoms with van der Waals surface area (Å²) in [5.41, 5.74) is 2.16. The van der Waals surface area contributed by atoms with Crippen LogP contribution in [0.1, 0.15) is 18.4 Å². The zero-order chi connectivity index (χ0) is 14.8. The molecule has 114 valence electrons. The Bertz CT molecular complexity index is 534. The molecule has 0 bridgehead atoms. The number of nitro benzene ring substituents is 1. The topological polar surface area (TPSA) is 61.7 Å². The highest BCUT2D eigenvalue weighted by atomic mass is 16.6. The van der Waals surface area contributed by atoms with E-state index < -0.39 is 0 Å². The number of nitrogens with zero attached hydrogens (tertiary/aromatic N) is 3. The van der Waals surface area contributed by atoms with Gasteiger partial charge in [-0.3, -0.25) is 19.9 Å². The van der Waals surface area contributed by atoms with Gasteiger partial charge in [-0.1, -0.05) is 0 Å². The molecule has 2 saturated heterocycles. The Morgan fingerprint density at radius 2 is 2.24 bits per heavy atom. The standard InChI is InChI=1S/C15H22N4O2/c1-16-15-5-4-13(19(20)21)9-12(15)10-17-7-8-18-6-2-3-14(18)11-17/h4-5,9,14,16H,2-3,6-8,10-11H2,1H3. The zero-order valence-electron chi connectivity index (χ0n) is 12.4. The summed E-state index contributed by atoms with van der Waals surface area (Å²) in [5.74, 6) is 0. The van der Waals surface area contributed by atoms with Crippen LogP contribution in [0.5, 0.6) is 0 Å². The van der Waals surface area contributed by atoms with E-state index in [1.54, 1.807) is 18.2 Å². The Balaban J connectivity index is 1.74. The summed E-state index contributed by atoms with van der Waals surface area (Å²) in [6.07, 6.45) is 2.58. The maximum Gasteiger partial charge on any atom is 0.269 e. The van der Waals surface area contributed by atoms with Crippen LogP contribution in [0.15, 0.2) is 18.2 Å². The Hall–Kier alpha value is -1.66. The van der Waals surface area contributed by atoms with Crippen LogP contribution in [-0.2, 0) is 6.54 Å². The van der Waals surface area contributed by atoms with Gasteiger partial charge >= 0.3 is 0 Å². The minimum atomic E-state index is -0.322. The van der Waals surface area contributed by atoms with Crippen LogP contribution in [0, 0.1) is 10.1 Å². The van der Waals surface area contributed by atoms with Gasteiger partial charge in [-0.15, -0.1) is 0 Å². The highest BCUT2D eigenvalue weighted by Crippen LogP contribution is 2.26. The molecule has 2 aliphatic rings. The molecule has 0 aromatic heterocycles. The number of hydrogen-bond acceptors (Lipinski definition) is 5. The van der Waals surface area contributed by atoms with Crippen LogP contribution < -0.4 is 5.32 Å². The smallest absolute Gasteiger partial charge is 0.269 e. The summed E-state index contributed by atoms with van der Waals surface area (Å²) in [7, 11) is 1.86. The molecule has 0 saturated carbocycles. The molecule has 1 aromatic rings. The average Bonchev–Trinajstić information content (AvgIpc) is 2.94. The molecule has 0 spiro atoms. The fourth-order valence-electron chi connectivity index (χ4n) is 3.51. The first-order valence-corrected chi connectivity index (χ1v) is 7.59. The van der Waals surface area contributed by atoms with Gasteiger partial charge in [0.05, 0.1) is 4.92 Å². The first-order valence-electron chi connectivity index (χ1n) is 7.59. The molecule has 3 rings (SSSR count). The van der Waals surface area contributed by atoms with Crippen LogP contribution in [0.3, 0.4) is 0 Å². The maximum atomic E-state index is 11.0. The summed E-state index contributed by atoms with van der Waals surface area (Å²) in [5, 5.41) is 14.1. The SMILES string of the molecule is CNc1ccc([N+](=O)[O-])cc1CN1CCN2CCCC2C1. The maximum absolute atomic E-state index is 11.0. The quantitative estimate of drug-likeness (QED) is 0.678. The van der Waals surface area contributed by atoms with Crippen molar-refractivity contribution in [2.45, 2.75) is 25.4 Å². The molecule has 1 atom stereocenters. The second-order valence-corrected chi connectivity index (χ2v) is 5.92. The van der Waals surface area contributed by atoms with E-state index in [0.717, 1.165) is 37.4 Å². The molecule has 1 unspecified atom stereocenters. The van der Waals surface area contributed by atoms with Crippen LogP contribution >= 0.6 is 0 Å². The molecule has 1 N–H and O–H groups in total. The Kier molecular flexibility index (Phi) is 4.07. The predicted molar refractivity (Wildman–Crippen MR) is 82.5 cm³/mol. The molecule has 6 nitrogen and oxygen atoms in total. The average molecular weight is 290 g/mol. The zero-order valence-corrected chi connectivity index (χ0v) is 12.4. The molecule has 2 aliphatic heterocycles. The van der Waals surface area contributed by atoms with Crippen molar-refractivity contribution in [1.82, 2.24) is 9.80 Å². The highest BCUT2D eigenvalue weighted by Gasteiger charge is 2.30. The van der Waals surface area contributed by atoms with Gasteiger partial charge < -0.3 is 5.32 Å². The van der Waals surface area contributed by atoms with Crippen molar-refractivity contribution in [3.63, 3.8) is 0 Å². The van der Waals surface area contributed by atoms with E-state index in [1.807, 2.05) is 7.05 Å². The molecule has 1 aromatic carbocycles. The fourth-order valence-corrected chi connectivity index (χ4v) is 3.51. The number of piperazine rings is 1. The van der Waals surface area contributed by atoms with Gasteiger partial charge in [-0.25, -0.2) is 0 Å². The van der Waals surface area contributed by atoms with E-state index in [1.165, 1.54) is 19.4 Å². The third kappa shape index (κ3) is 3.01. The molecule has 0 amide bonds. The number of rotatable bonds is 4. The number of nitro groups is 1. The lowest BCUT2D eigenvalue weighted by molar-refractivity contribution is -0.384. The lowest BCUT2D eigenvalue weighted by Crippen LogP contribution is -2.49. The molecule has 6 heteroatoms. The lowest BCUT2D eigenvalue weighted by Gasteiger charge is -2.37. The van der Waals surface area contributed by atoms with Crippen LogP contribution in [0.4, 0.5) is 11.4 Å². The minimum Gasteiger partial charge on any atom is -0.388 e. The molecular formula is C15H22N4O2. The van der Waals surface area contributed by atoms with E-state index >= 15 is 0 Å². The van der Waals surface area contributed by atoms with Gasteiger partial charge in [0.25, 0.3) is 5.69 Å². The second-order valence-electron chi connectivity index (χ2n) is 5.92. The number of hydrogen-bond donors (Lipinski definition) is 1. The van der Waals surface area contributed by atoms with Gasteiger partial charge in [0, 0.05) is 57.1 Å². The predicted octanol–water partition coefficient (Wildman–Crippen LogP) is 1.92. The van der Waals surface area contributed by atoms with Crippen molar-refractivity contribution in [2.24, 2.45) is 0 Å². The molecular weight excluding hydrogens is 268 g/mol. The number of fused-ring (bicyclic) bond motifs is 1. The number of benzene rings is 1. The van der Waals surface area contributed by atoms with E-state index in [2.05, 4.69) is 15.1 Å². The summed E-state index contributed by atoms with van der Waals surface area (Å²) >= 11 is 0. The number of non-ortho nitro benzene ring substituents is 1. The Morgan fingerprint density at radius 3 is 3.00 bits per heavy atom. The third-order valence-corrected chi connectivity index (χ3v) is 4.63. The molecule has 2 fully saturated rings. The highest BCUT2D eigenvalue weighted by molar-refractivity contribution is 5.55. The van der Waals surface area contributed by atoms with Crippen molar-refractivity contribution < 1.29 is 4.92 Å². The van der Waals surface area contributed by atoms with Crippen LogP contribution in [-0.4, -0.2) is 54.0 Å². The van der Waals surface area contributed by atoms with Crippen molar-refractivity contribution in [2.75, 3.05) is 38.5 Å². The van der Waals surface area contributed by atoms with Gasteiger partial charge in [-0.05, 0) is 31.0 Å². The van der Waals surface area contributed by atoms with Gasteiger partial charge in [0.2, 0.25) is 0 Å². The van der Waals surface area contributed by atoms with Crippen LogP contribution in [0.25, 0.3) is 0 Å². The second kappa shape index (κ2) is 5.99. The van der Waals surface area contributed by atoms with Crippen molar-refractivity contribution >= 4 is 11.4 Å². The third-order valence-electron chi connectivity index (χ3n) is 4.63. The van der Waals surface area contributed by atoms with Crippen molar-refractivity contribution in [1.29, 1.82) is 0 Å². The summed E-state index contributed by atoms with van der Waals surface area (Å²) in [4.78, 5) is 15.6. The van der Waals surface area contributed by atoms with Crippen molar-refractivity contribution in [3.8, 4) is 0 Å². The summed E-state index contributed by atoms with van der Waals surface area (Å²) in [6, 6.07) is 5.74. The van der Waals surface area contributed by atoms with E-state index in [-0.39, 0.29) is 10.6 Å². The normalized spacial score (nSPS) is 23.0. The minimum absolute atomic E-state index is 0.170. The van der Waals surface area contributed by atoms with Gasteiger partial charge in [0.15, 0.2) is 0 Å². The molecule has 21 heavy (non-hydrogen) atoms. The van der Waals surface area contributed by atoms with Gasteiger partial charge in [0.1, 0.15) is 0 Å². The first kappa shape index (κ1) is 14.3. The first-order chi connectivity index (χ1) is 10.2. The fraction of sp³-hybridized carbons (Fsp3) is 0.600. The van der Waals surface area contributed by atoms with E-state index in [0.29, 0.717) is 6.04 Å². The Morgan fingerprint density at radius 1 is 1.38 bits per heavy atom. The molecule has 0 aliphatic carbocycles. The number of nitrogens with one attached hydrogen (secondary N) is 1. The summed E-state index contributed by atoms with van der Waals surface area (Å²) < 4.78 is 0.